The molecular weight excluding hydrogens is 332 g/mol. The third kappa shape index (κ3) is 1.86. The molecule has 0 saturated heterocycles. The highest BCUT2D eigenvalue weighted by atomic mass is 79.9. The molecule has 2 aromatic rings. The van der Waals surface area contributed by atoms with Crippen molar-refractivity contribution in [2.75, 3.05) is 7.11 Å². The Balaban J connectivity index is 2.88. The Morgan fingerprint density at radius 3 is 2.76 bits per heavy atom. The first-order valence-electron chi connectivity index (χ1n) is 4.38. The number of carboxylic acids is 1. The van der Waals surface area contributed by atoms with Crippen LogP contribution in [-0.4, -0.2) is 23.3 Å². The molecule has 0 saturated carbocycles. The van der Waals surface area contributed by atoms with Crippen molar-refractivity contribution < 1.29 is 19.7 Å². The van der Waals surface area contributed by atoms with Gasteiger partial charge < -0.3 is 14.9 Å². The summed E-state index contributed by atoms with van der Waals surface area (Å²) in [5.41, 5.74) is 0. The van der Waals surface area contributed by atoms with Gasteiger partial charge >= 0.3 is 5.97 Å². The zero-order valence-electron chi connectivity index (χ0n) is 8.45. The Morgan fingerprint density at radius 2 is 2.24 bits per heavy atom. The van der Waals surface area contributed by atoms with Crippen molar-refractivity contribution in [3.8, 4) is 11.5 Å². The minimum Gasteiger partial charge on any atom is -0.503 e. The van der Waals surface area contributed by atoms with Gasteiger partial charge in [0.25, 0.3) is 0 Å². The van der Waals surface area contributed by atoms with Crippen LogP contribution in [0.4, 0.5) is 0 Å². The number of carbonyl (C=O) groups is 1. The van der Waals surface area contributed by atoms with Crippen molar-refractivity contribution in [3.05, 3.63) is 20.4 Å². The molecule has 0 aliphatic heterocycles. The molecule has 2 rings (SSSR count). The molecule has 0 radical (unpaired) electrons. The first-order valence-corrected chi connectivity index (χ1v) is 6.36. The minimum atomic E-state index is -1.10. The number of aromatic carboxylic acids is 1. The van der Waals surface area contributed by atoms with Crippen LogP contribution in [0.1, 0.15) is 9.67 Å². The van der Waals surface area contributed by atoms with E-state index < -0.39 is 5.97 Å². The van der Waals surface area contributed by atoms with Gasteiger partial charge in [-0.25, -0.2) is 4.79 Å². The van der Waals surface area contributed by atoms with Crippen molar-refractivity contribution in [2.45, 2.75) is 0 Å². The molecule has 90 valence electrons. The average Bonchev–Trinajstić information content (AvgIpc) is 2.61. The van der Waals surface area contributed by atoms with Crippen LogP contribution < -0.4 is 4.74 Å². The van der Waals surface area contributed by atoms with E-state index in [4.69, 9.17) is 21.4 Å². The van der Waals surface area contributed by atoms with Crippen molar-refractivity contribution in [1.29, 1.82) is 0 Å². The Labute approximate surface area is 114 Å². The molecule has 0 aliphatic carbocycles. The van der Waals surface area contributed by atoms with E-state index in [1.165, 1.54) is 7.11 Å². The van der Waals surface area contributed by atoms with E-state index in [0.717, 1.165) is 11.3 Å². The molecule has 1 aromatic heterocycles. The second kappa shape index (κ2) is 4.36. The van der Waals surface area contributed by atoms with Gasteiger partial charge in [0.05, 0.1) is 16.6 Å². The van der Waals surface area contributed by atoms with Crippen molar-refractivity contribution in [3.63, 3.8) is 0 Å². The number of rotatable bonds is 2. The monoisotopic (exact) mass is 336 g/mol. The molecule has 0 atom stereocenters. The zero-order chi connectivity index (χ0) is 12.7. The third-order valence-corrected chi connectivity index (χ3v) is 4.60. The van der Waals surface area contributed by atoms with E-state index in [0.29, 0.717) is 14.6 Å². The van der Waals surface area contributed by atoms with Crippen LogP contribution in [-0.2, 0) is 0 Å². The molecule has 4 nitrogen and oxygen atoms in total. The molecule has 0 unspecified atom stereocenters. The normalized spacial score (nSPS) is 10.8. The fraction of sp³-hybridized carbons (Fsp3) is 0.100. The van der Waals surface area contributed by atoms with E-state index in [1.807, 2.05) is 0 Å². The van der Waals surface area contributed by atoms with Gasteiger partial charge in [-0.3, -0.25) is 0 Å². The molecule has 1 heterocycles. The third-order valence-electron chi connectivity index (χ3n) is 2.21. The van der Waals surface area contributed by atoms with Crippen LogP contribution >= 0.6 is 38.9 Å². The predicted molar refractivity (Wildman–Crippen MR) is 69.7 cm³/mol. The number of ether oxygens (including phenoxy) is 1. The summed E-state index contributed by atoms with van der Waals surface area (Å²) in [5.74, 6) is -0.933. The van der Waals surface area contributed by atoms with Crippen LogP contribution in [0.15, 0.2) is 10.5 Å². The zero-order valence-corrected chi connectivity index (χ0v) is 11.6. The molecule has 0 amide bonds. The fourth-order valence-electron chi connectivity index (χ4n) is 1.44. The van der Waals surface area contributed by atoms with Gasteiger partial charge in [-0.15, -0.1) is 11.3 Å². The van der Waals surface area contributed by atoms with E-state index in [1.54, 1.807) is 6.07 Å². The van der Waals surface area contributed by atoms with Gasteiger partial charge in [0.2, 0.25) is 0 Å². The summed E-state index contributed by atoms with van der Waals surface area (Å²) in [6.45, 7) is 0. The Bertz CT molecular complexity index is 623. The van der Waals surface area contributed by atoms with Crippen LogP contribution in [0.25, 0.3) is 10.1 Å². The van der Waals surface area contributed by atoms with Crippen molar-refractivity contribution >= 4 is 54.9 Å². The van der Waals surface area contributed by atoms with E-state index in [2.05, 4.69) is 15.9 Å². The molecule has 0 aliphatic rings. The number of fused-ring (bicyclic) bond motifs is 1. The number of aromatic hydroxyl groups is 1. The van der Waals surface area contributed by atoms with Gasteiger partial charge in [-0.05, 0) is 15.9 Å². The lowest BCUT2D eigenvalue weighted by molar-refractivity contribution is 0.0702. The van der Waals surface area contributed by atoms with Gasteiger partial charge in [-0.1, -0.05) is 11.6 Å². The van der Waals surface area contributed by atoms with Crippen molar-refractivity contribution in [2.24, 2.45) is 0 Å². The number of benzene rings is 1. The smallest absolute Gasteiger partial charge is 0.347 e. The maximum atomic E-state index is 11.0. The number of halogens is 2. The lowest BCUT2D eigenvalue weighted by atomic mass is 10.2. The Morgan fingerprint density at radius 1 is 1.59 bits per heavy atom. The highest BCUT2D eigenvalue weighted by molar-refractivity contribution is 9.10. The summed E-state index contributed by atoms with van der Waals surface area (Å²) in [5, 5.41) is 19.4. The lowest BCUT2D eigenvalue weighted by Gasteiger charge is -2.05. The summed E-state index contributed by atoms with van der Waals surface area (Å²) in [6.07, 6.45) is 0. The molecule has 7 heteroatoms. The highest BCUT2D eigenvalue weighted by Crippen LogP contribution is 2.47. The quantitative estimate of drug-likeness (QED) is 0.876. The first kappa shape index (κ1) is 12.5. The maximum absolute atomic E-state index is 11.0. The SMILES string of the molecule is COc1cc2sc(C(=O)O)c(Cl)c2c(Br)c1O. The van der Waals surface area contributed by atoms with Gasteiger partial charge in [0.1, 0.15) is 4.88 Å². The van der Waals surface area contributed by atoms with Gasteiger partial charge in [-0.2, -0.15) is 0 Å². The maximum Gasteiger partial charge on any atom is 0.347 e. The Kier molecular flexibility index (Phi) is 3.20. The number of hydrogen-bond acceptors (Lipinski definition) is 4. The summed E-state index contributed by atoms with van der Waals surface area (Å²) >= 11 is 10.2. The van der Waals surface area contributed by atoms with Crippen LogP contribution in [0.5, 0.6) is 11.5 Å². The van der Waals surface area contributed by atoms with Crippen LogP contribution in [0.2, 0.25) is 5.02 Å². The molecule has 0 bridgehead atoms. The van der Waals surface area contributed by atoms with E-state index in [9.17, 15) is 9.90 Å². The molecule has 0 spiro atoms. The van der Waals surface area contributed by atoms with Gasteiger partial charge in [0, 0.05) is 16.2 Å². The lowest BCUT2D eigenvalue weighted by Crippen LogP contribution is -1.91. The molecule has 1 aromatic carbocycles. The van der Waals surface area contributed by atoms with Gasteiger partial charge in [0.15, 0.2) is 11.5 Å². The summed E-state index contributed by atoms with van der Waals surface area (Å²) in [6, 6.07) is 1.55. The summed E-state index contributed by atoms with van der Waals surface area (Å²) in [4.78, 5) is 11.0. The standard InChI is InChI=1S/C10H6BrClO4S/c1-16-3-2-4-5(6(11)8(3)13)7(12)9(17-4)10(14)15/h2,13H,1H3,(H,14,15). The molecule has 0 fully saturated rings. The molecule has 2 N–H and O–H groups in total. The average molecular weight is 338 g/mol. The fourth-order valence-corrected chi connectivity index (χ4v) is 3.71. The number of methoxy groups -OCH3 is 1. The number of phenols is 1. The topological polar surface area (TPSA) is 66.8 Å². The van der Waals surface area contributed by atoms with E-state index in [-0.39, 0.29) is 21.4 Å². The summed E-state index contributed by atoms with van der Waals surface area (Å²) < 4.78 is 5.95. The van der Waals surface area contributed by atoms with Crippen molar-refractivity contribution in [1.82, 2.24) is 0 Å². The first-order chi connectivity index (χ1) is 7.97. The molecular formula is C10H6BrClO4S. The molecule has 17 heavy (non-hydrogen) atoms. The van der Waals surface area contributed by atoms with E-state index >= 15 is 0 Å². The Hall–Kier alpha value is -0.980. The largest absolute Gasteiger partial charge is 0.503 e. The summed E-state index contributed by atoms with van der Waals surface area (Å²) in [7, 11) is 1.42. The van der Waals surface area contributed by atoms with Crippen LogP contribution in [0, 0.1) is 0 Å². The predicted octanol–water partition coefficient (Wildman–Crippen LogP) is 3.73. The number of phenolic OH excluding ortho intramolecular Hbond substituents is 1. The highest BCUT2D eigenvalue weighted by Gasteiger charge is 2.21. The van der Waals surface area contributed by atoms with Crippen LogP contribution in [0.3, 0.4) is 0 Å². The number of hydrogen-bond donors (Lipinski definition) is 2. The second-order valence-electron chi connectivity index (χ2n) is 3.16. The second-order valence-corrected chi connectivity index (χ2v) is 5.39. The number of thiophene rings is 1. The minimum absolute atomic E-state index is 0.0371. The number of carboxylic acid groups (broad SMARTS) is 1.